The van der Waals surface area contributed by atoms with Crippen molar-refractivity contribution < 1.29 is 19.3 Å². The Morgan fingerprint density at radius 3 is 2.54 bits per heavy atom. The number of anilines is 1. The van der Waals surface area contributed by atoms with Crippen molar-refractivity contribution in [3.63, 3.8) is 0 Å². The smallest absolute Gasteiger partial charge is 0.282 e. The quantitative estimate of drug-likeness (QED) is 0.626. The second-order valence-corrected chi connectivity index (χ2v) is 8.00. The Labute approximate surface area is 176 Å². The van der Waals surface area contributed by atoms with Crippen molar-refractivity contribution >= 4 is 34.8 Å². The van der Waals surface area contributed by atoms with Crippen LogP contribution in [0.2, 0.25) is 10.0 Å². The van der Waals surface area contributed by atoms with Gasteiger partial charge in [-0.25, -0.2) is 0 Å². The van der Waals surface area contributed by atoms with Gasteiger partial charge >= 0.3 is 0 Å². The zero-order chi connectivity index (χ0) is 19.9. The van der Waals surface area contributed by atoms with Crippen LogP contribution < -0.4 is 19.9 Å². The predicted molar refractivity (Wildman–Crippen MR) is 113 cm³/mol. The number of benzene rings is 2. The molecule has 3 rings (SSSR count). The van der Waals surface area contributed by atoms with E-state index in [1.165, 1.54) is 9.80 Å². The van der Waals surface area contributed by atoms with Gasteiger partial charge in [0.05, 0.1) is 10.7 Å². The van der Waals surface area contributed by atoms with Crippen molar-refractivity contribution in [1.82, 2.24) is 0 Å². The van der Waals surface area contributed by atoms with Gasteiger partial charge in [-0.2, -0.15) is 0 Å². The van der Waals surface area contributed by atoms with Crippen LogP contribution in [0, 0.1) is 0 Å². The summed E-state index contributed by atoms with van der Waals surface area (Å²) in [5, 5.41) is 3.95. The van der Waals surface area contributed by atoms with Gasteiger partial charge in [0.25, 0.3) is 5.91 Å². The van der Waals surface area contributed by atoms with Gasteiger partial charge in [-0.05, 0) is 37.3 Å². The molecule has 0 radical (unpaired) electrons. The molecule has 7 heteroatoms. The minimum absolute atomic E-state index is 0.0324. The number of hydrogen-bond donors (Lipinski definition) is 3. The fraction of sp³-hybridized carbons (Fsp3) is 0.381. The molecular formula is C21H27Cl2N3O2+2. The van der Waals surface area contributed by atoms with E-state index >= 15 is 0 Å². The normalized spacial score (nSPS) is 20.4. The van der Waals surface area contributed by atoms with Crippen LogP contribution in [0.3, 0.4) is 0 Å². The molecule has 1 aliphatic heterocycles. The lowest BCUT2D eigenvalue weighted by Crippen LogP contribution is -3.30. The van der Waals surface area contributed by atoms with Crippen molar-refractivity contribution in [2.45, 2.75) is 13.0 Å². The third-order valence-corrected chi connectivity index (χ3v) is 5.82. The van der Waals surface area contributed by atoms with Crippen LogP contribution in [0.1, 0.15) is 6.92 Å². The van der Waals surface area contributed by atoms with E-state index in [2.05, 4.69) is 5.32 Å². The first-order valence-corrected chi connectivity index (χ1v) is 10.4. The third kappa shape index (κ3) is 5.85. The Bertz CT molecular complexity index is 780. The Morgan fingerprint density at radius 1 is 1.11 bits per heavy atom. The van der Waals surface area contributed by atoms with Crippen molar-refractivity contribution in [2.75, 3.05) is 44.6 Å². The summed E-state index contributed by atoms with van der Waals surface area (Å²) >= 11 is 12.1. The summed E-state index contributed by atoms with van der Waals surface area (Å²) in [7, 11) is 0. The van der Waals surface area contributed by atoms with Crippen LogP contribution in [0.15, 0.2) is 48.5 Å². The fourth-order valence-electron chi connectivity index (χ4n) is 3.46. The second kappa shape index (κ2) is 10.1. The average Bonchev–Trinajstić information content (AvgIpc) is 2.71. The number of carbonyl (C=O) groups is 1. The molecule has 0 aromatic heterocycles. The summed E-state index contributed by atoms with van der Waals surface area (Å²) < 4.78 is 5.79. The summed E-state index contributed by atoms with van der Waals surface area (Å²) in [6.45, 7) is 7.62. The molecule has 0 saturated carbocycles. The summed E-state index contributed by atoms with van der Waals surface area (Å²) in [6, 6.07) is 14.8. The number of quaternary nitrogens is 2. The highest BCUT2D eigenvalue weighted by Gasteiger charge is 2.31. The highest BCUT2D eigenvalue weighted by Crippen LogP contribution is 2.25. The van der Waals surface area contributed by atoms with Crippen molar-refractivity contribution in [3.8, 4) is 5.75 Å². The van der Waals surface area contributed by atoms with Crippen LogP contribution in [-0.2, 0) is 4.79 Å². The molecule has 1 heterocycles. The molecule has 0 spiro atoms. The van der Waals surface area contributed by atoms with Gasteiger partial charge in [-0.1, -0.05) is 41.4 Å². The van der Waals surface area contributed by atoms with Gasteiger partial charge in [0.2, 0.25) is 0 Å². The summed E-state index contributed by atoms with van der Waals surface area (Å²) in [5.41, 5.74) is 0.563. The van der Waals surface area contributed by atoms with E-state index < -0.39 is 0 Å². The molecule has 150 valence electrons. The van der Waals surface area contributed by atoms with Crippen LogP contribution in [0.25, 0.3) is 0 Å². The van der Waals surface area contributed by atoms with E-state index in [1.54, 1.807) is 18.2 Å². The summed E-state index contributed by atoms with van der Waals surface area (Å²) in [5.74, 6) is 0.881. The van der Waals surface area contributed by atoms with Gasteiger partial charge in [0.15, 0.2) is 6.04 Å². The Balaban J connectivity index is 1.42. The second-order valence-electron chi connectivity index (χ2n) is 7.15. The third-order valence-electron chi connectivity index (χ3n) is 5.26. The lowest BCUT2D eigenvalue weighted by Gasteiger charge is -2.32. The van der Waals surface area contributed by atoms with E-state index in [9.17, 15) is 4.79 Å². The molecule has 3 N–H and O–H groups in total. The standard InChI is InChI=1S/C21H25Cl2N3O2/c1-16(21(27)24-20-15-17(22)7-8-19(20)23)26-11-9-25(10-12-26)13-14-28-18-5-3-2-4-6-18/h2-8,15-16H,9-14H2,1H3,(H,24,27)/p+2/t16-/m1/s1. The van der Waals surface area contributed by atoms with E-state index in [0.29, 0.717) is 22.3 Å². The SMILES string of the molecule is C[C@H](C(=O)Nc1cc(Cl)ccc1Cl)[NH+]1CC[NH+](CCOc2ccccc2)CC1. The Hall–Kier alpha value is -1.79. The molecule has 1 atom stereocenters. The predicted octanol–water partition coefficient (Wildman–Crippen LogP) is 1.18. The van der Waals surface area contributed by atoms with Crippen LogP contribution in [-0.4, -0.2) is 51.3 Å². The van der Waals surface area contributed by atoms with E-state index in [4.69, 9.17) is 27.9 Å². The maximum Gasteiger partial charge on any atom is 0.282 e. The molecule has 1 saturated heterocycles. The molecule has 1 aliphatic rings. The number of amides is 1. The van der Waals surface area contributed by atoms with Crippen molar-refractivity contribution in [3.05, 3.63) is 58.6 Å². The van der Waals surface area contributed by atoms with Gasteiger partial charge in [0, 0.05) is 5.02 Å². The molecule has 2 aromatic carbocycles. The van der Waals surface area contributed by atoms with Gasteiger partial charge in [0.1, 0.15) is 45.1 Å². The molecule has 2 aromatic rings. The topological polar surface area (TPSA) is 47.2 Å². The molecular weight excluding hydrogens is 397 g/mol. The van der Waals surface area contributed by atoms with E-state index in [-0.39, 0.29) is 11.9 Å². The summed E-state index contributed by atoms with van der Waals surface area (Å²) in [4.78, 5) is 15.4. The number of para-hydroxylation sites is 1. The minimum Gasteiger partial charge on any atom is -0.488 e. The highest BCUT2D eigenvalue weighted by atomic mass is 35.5. The monoisotopic (exact) mass is 423 g/mol. The summed E-state index contributed by atoms with van der Waals surface area (Å²) in [6.07, 6.45) is 0. The van der Waals surface area contributed by atoms with Gasteiger partial charge in [-0.3, -0.25) is 4.79 Å². The minimum atomic E-state index is -0.142. The maximum absolute atomic E-state index is 12.6. The van der Waals surface area contributed by atoms with Crippen LogP contribution >= 0.6 is 23.2 Å². The number of hydrogen-bond acceptors (Lipinski definition) is 2. The first-order chi connectivity index (χ1) is 13.5. The lowest BCUT2D eigenvalue weighted by molar-refractivity contribution is -1.02. The molecule has 0 aliphatic carbocycles. The number of halogens is 2. The van der Waals surface area contributed by atoms with E-state index in [1.807, 2.05) is 37.3 Å². The van der Waals surface area contributed by atoms with Crippen molar-refractivity contribution in [2.24, 2.45) is 0 Å². The number of nitrogens with one attached hydrogen (secondary N) is 3. The van der Waals surface area contributed by atoms with Gasteiger partial charge in [-0.15, -0.1) is 0 Å². The van der Waals surface area contributed by atoms with Crippen LogP contribution in [0.4, 0.5) is 5.69 Å². The van der Waals surface area contributed by atoms with E-state index in [0.717, 1.165) is 38.5 Å². The Morgan fingerprint density at radius 2 is 1.82 bits per heavy atom. The molecule has 1 fully saturated rings. The van der Waals surface area contributed by atoms with Crippen LogP contribution in [0.5, 0.6) is 5.75 Å². The van der Waals surface area contributed by atoms with Gasteiger partial charge < -0.3 is 19.9 Å². The average molecular weight is 424 g/mol. The highest BCUT2D eigenvalue weighted by molar-refractivity contribution is 6.35. The molecule has 0 bridgehead atoms. The van der Waals surface area contributed by atoms with Crippen molar-refractivity contribution in [1.29, 1.82) is 0 Å². The number of rotatable bonds is 7. The lowest BCUT2D eigenvalue weighted by atomic mass is 10.2. The first kappa shape index (κ1) is 20.9. The maximum atomic E-state index is 12.6. The molecule has 5 nitrogen and oxygen atoms in total. The molecule has 0 unspecified atom stereocenters. The molecule has 1 amide bonds. The number of piperazine rings is 1. The number of carbonyl (C=O) groups excluding carboxylic acids is 1. The first-order valence-electron chi connectivity index (χ1n) is 9.65. The largest absolute Gasteiger partial charge is 0.488 e. The zero-order valence-corrected chi connectivity index (χ0v) is 17.5. The fourth-order valence-corrected chi connectivity index (χ4v) is 3.79. The zero-order valence-electron chi connectivity index (χ0n) is 16.0. The molecule has 28 heavy (non-hydrogen) atoms. The Kier molecular flexibility index (Phi) is 7.57. The number of ether oxygens (including phenoxy) is 1.